The number of nitrogens with zero attached hydrogens (tertiary/aromatic N) is 2. The molecule has 0 aliphatic heterocycles. The van der Waals surface area contributed by atoms with Crippen LogP contribution in [-0.2, 0) is 0 Å². The zero-order valence-electron chi connectivity index (χ0n) is 17.7. The molecule has 1 N–H and O–H groups in total. The van der Waals surface area contributed by atoms with Gasteiger partial charge in [-0.3, -0.25) is 10.1 Å². The topological polar surface area (TPSA) is 76.7 Å². The number of nitrogens with one attached hydrogen (secondary N) is 1. The first-order valence-corrected chi connectivity index (χ1v) is 11.1. The first kappa shape index (κ1) is 20.7. The van der Waals surface area contributed by atoms with Crippen molar-refractivity contribution in [3.05, 3.63) is 101 Å². The number of para-hydroxylation sites is 2. The van der Waals surface area contributed by atoms with Crippen LogP contribution >= 0.6 is 11.3 Å². The summed E-state index contributed by atoms with van der Waals surface area (Å²) < 4.78 is 11.2. The van der Waals surface area contributed by atoms with Crippen molar-refractivity contribution in [2.45, 2.75) is 0 Å². The maximum atomic E-state index is 13.2. The van der Waals surface area contributed by atoms with Crippen molar-refractivity contribution in [3.8, 4) is 17.0 Å². The quantitative estimate of drug-likeness (QED) is 0.351. The zero-order valence-corrected chi connectivity index (χ0v) is 18.5. The molecule has 5 aromatic rings. The number of amides is 1. The predicted octanol–water partition coefficient (Wildman–Crippen LogP) is 6.05. The number of carbonyl (C=O) groups excluding carboxylic acids is 1. The van der Waals surface area contributed by atoms with Gasteiger partial charge in [-0.2, -0.15) is 0 Å². The van der Waals surface area contributed by atoms with Gasteiger partial charge in [0.25, 0.3) is 5.91 Å². The molecule has 1 amide bonds. The number of aromatic nitrogens is 1. The van der Waals surface area contributed by atoms with Crippen LogP contribution in [0, 0.1) is 0 Å². The Hall–Kier alpha value is -4.23. The number of methoxy groups -OCH3 is 1. The minimum Gasteiger partial charge on any atom is -0.497 e. The average Bonchev–Trinajstić information content (AvgIpc) is 3.32. The smallest absolute Gasteiger partial charge is 0.262 e. The van der Waals surface area contributed by atoms with Crippen LogP contribution in [0.5, 0.6) is 5.75 Å². The molecule has 162 valence electrons. The molecule has 2 heterocycles. The minimum absolute atomic E-state index is 0.240. The first-order chi connectivity index (χ1) is 16.2. The monoisotopic (exact) mass is 453 g/mol. The Bertz CT molecular complexity index is 1490. The van der Waals surface area contributed by atoms with Crippen LogP contribution in [0.25, 0.3) is 22.2 Å². The summed E-state index contributed by atoms with van der Waals surface area (Å²) in [6, 6.07) is 26.3. The highest BCUT2D eigenvalue weighted by Gasteiger charge is 2.15. The molecule has 0 aliphatic rings. The predicted molar refractivity (Wildman–Crippen MR) is 130 cm³/mol. The molecule has 0 saturated carbocycles. The summed E-state index contributed by atoms with van der Waals surface area (Å²) in [5.41, 5.74) is 3.63. The summed E-state index contributed by atoms with van der Waals surface area (Å²) in [6.45, 7) is 0. The number of rotatable bonds is 5. The van der Waals surface area contributed by atoms with Crippen LogP contribution in [0.1, 0.15) is 10.4 Å². The number of hydrogen-bond acceptors (Lipinski definition) is 6. The molecule has 33 heavy (non-hydrogen) atoms. The van der Waals surface area contributed by atoms with Crippen LogP contribution in [0.15, 0.2) is 99.7 Å². The molecule has 0 atom stereocenters. The highest BCUT2D eigenvalue weighted by molar-refractivity contribution is 7.14. The molecule has 0 fully saturated rings. The molecule has 7 heteroatoms. The normalized spacial score (nSPS) is 11.5. The minimum atomic E-state index is -0.338. The maximum absolute atomic E-state index is 13.2. The van der Waals surface area contributed by atoms with E-state index in [4.69, 9.17) is 9.15 Å². The number of thiazole rings is 1. The van der Waals surface area contributed by atoms with Crippen LogP contribution in [0.3, 0.4) is 0 Å². The zero-order chi connectivity index (χ0) is 22.6. The lowest BCUT2D eigenvalue weighted by atomic mass is 10.1. The molecule has 0 bridgehead atoms. The Kier molecular flexibility index (Phi) is 5.70. The largest absolute Gasteiger partial charge is 0.497 e. The second kappa shape index (κ2) is 9.10. The molecule has 0 saturated heterocycles. The van der Waals surface area contributed by atoms with Crippen LogP contribution in [0.4, 0.5) is 10.8 Å². The van der Waals surface area contributed by atoms with E-state index in [1.807, 2.05) is 84.2 Å². The summed E-state index contributed by atoms with van der Waals surface area (Å²) in [5, 5.41) is 6.09. The first-order valence-electron chi connectivity index (χ1n) is 10.2. The highest BCUT2D eigenvalue weighted by Crippen LogP contribution is 2.27. The van der Waals surface area contributed by atoms with Crippen LogP contribution in [-0.4, -0.2) is 18.0 Å². The second-order valence-electron chi connectivity index (χ2n) is 7.17. The lowest BCUT2D eigenvalue weighted by molar-refractivity contribution is 0.102. The van der Waals surface area contributed by atoms with E-state index in [0.717, 1.165) is 22.4 Å². The van der Waals surface area contributed by atoms with Gasteiger partial charge in [0.2, 0.25) is 5.55 Å². The Balaban J connectivity index is 1.49. The molecule has 2 aromatic heterocycles. The van der Waals surface area contributed by atoms with E-state index in [1.54, 1.807) is 13.2 Å². The lowest BCUT2D eigenvalue weighted by Crippen LogP contribution is -2.21. The Morgan fingerprint density at radius 1 is 1.00 bits per heavy atom. The average molecular weight is 454 g/mol. The number of fused-ring (bicyclic) bond motifs is 1. The van der Waals surface area contributed by atoms with Crippen molar-refractivity contribution in [1.82, 2.24) is 4.98 Å². The van der Waals surface area contributed by atoms with Crippen molar-refractivity contribution >= 4 is 39.0 Å². The fourth-order valence-electron chi connectivity index (χ4n) is 3.32. The van der Waals surface area contributed by atoms with Gasteiger partial charge in [0.1, 0.15) is 16.9 Å². The summed E-state index contributed by atoms with van der Waals surface area (Å²) >= 11 is 1.36. The van der Waals surface area contributed by atoms with Gasteiger partial charge in [-0.1, -0.05) is 36.4 Å². The molecule has 3 aromatic carbocycles. The van der Waals surface area contributed by atoms with Crippen molar-refractivity contribution < 1.29 is 13.9 Å². The third kappa shape index (κ3) is 4.53. The van der Waals surface area contributed by atoms with Gasteiger partial charge in [-0.25, -0.2) is 9.98 Å². The van der Waals surface area contributed by atoms with Crippen LogP contribution < -0.4 is 15.6 Å². The van der Waals surface area contributed by atoms with Gasteiger partial charge in [-0.15, -0.1) is 11.3 Å². The molecular weight excluding hydrogens is 434 g/mol. The van der Waals surface area contributed by atoms with E-state index in [9.17, 15) is 4.79 Å². The summed E-state index contributed by atoms with van der Waals surface area (Å²) in [4.78, 5) is 22.3. The van der Waals surface area contributed by atoms with E-state index >= 15 is 0 Å². The lowest BCUT2D eigenvalue weighted by Gasteiger charge is -2.05. The molecule has 0 radical (unpaired) electrons. The molecule has 5 rings (SSSR count). The standard InChI is InChI=1S/C26H19N3O3S/c1-31-20-13-11-17(12-14-20)22-16-33-26(28-22)29-24(30)21-15-18-7-5-6-10-23(18)32-25(21)27-19-8-3-2-4-9-19/h2-16H,1H3,(H,28,29,30). The number of carbonyl (C=O) groups is 1. The highest BCUT2D eigenvalue weighted by atomic mass is 32.1. The van der Waals surface area contributed by atoms with Gasteiger partial charge < -0.3 is 9.15 Å². The summed E-state index contributed by atoms with van der Waals surface area (Å²) in [5.74, 6) is 0.437. The van der Waals surface area contributed by atoms with Crippen molar-refractivity contribution in [2.24, 2.45) is 4.99 Å². The second-order valence-corrected chi connectivity index (χ2v) is 8.03. The number of hydrogen-bond donors (Lipinski definition) is 1. The number of benzene rings is 3. The maximum Gasteiger partial charge on any atom is 0.262 e. The van der Waals surface area contributed by atoms with E-state index in [1.165, 1.54) is 11.3 Å². The fourth-order valence-corrected chi connectivity index (χ4v) is 4.04. The van der Waals surface area contributed by atoms with Gasteiger partial charge >= 0.3 is 0 Å². The van der Waals surface area contributed by atoms with Gasteiger partial charge in [0.05, 0.1) is 18.5 Å². The molecule has 6 nitrogen and oxygen atoms in total. The Morgan fingerprint density at radius 3 is 2.55 bits per heavy atom. The van der Waals surface area contributed by atoms with Crippen molar-refractivity contribution in [2.75, 3.05) is 12.4 Å². The molecule has 0 unspecified atom stereocenters. The summed E-state index contributed by atoms with van der Waals surface area (Å²) in [7, 11) is 1.63. The van der Waals surface area contributed by atoms with Crippen molar-refractivity contribution in [1.29, 1.82) is 0 Å². The van der Waals surface area contributed by atoms with E-state index in [2.05, 4.69) is 15.3 Å². The SMILES string of the molecule is COc1ccc(-c2csc(NC(=O)c3cc4ccccc4oc3=Nc3ccccc3)n2)cc1. The van der Waals surface area contributed by atoms with E-state index in [-0.39, 0.29) is 11.5 Å². The van der Waals surface area contributed by atoms with Crippen molar-refractivity contribution in [3.63, 3.8) is 0 Å². The van der Waals surface area contributed by atoms with E-state index in [0.29, 0.717) is 22.0 Å². The fraction of sp³-hybridized carbons (Fsp3) is 0.0385. The Labute approximate surface area is 193 Å². The molecule has 0 aliphatic carbocycles. The Morgan fingerprint density at radius 2 is 1.76 bits per heavy atom. The van der Waals surface area contributed by atoms with Gasteiger partial charge in [0.15, 0.2) is 5.13 Å². The van der Waals surface area contributed by atoms with E-state index < -0.39 is 0 Å². The van der Waals surface area contributed by atoms with Gasteiger partial charge in [-0.05, 0) is 48.5 Å². The number of ether oxygens (including phenoxy) is 1. The molecule has 0 spiro atoms. The summed E-state index contributed by atoms with van der Waals surface area (Å²) in [6.07, 6.45) is 0. The van der Waals surface area contributed by atoms with Gasteiger partial charge in [0, 0.05) is 16.3 Å². The van der Waals surface area contributed by atoms with Crippen LogP contribution in [0.2, 0.25) is 0 Å². The number of anilines is 1. The molecular formula is C26H19N3O3S. The third-order valence-corrected chi connectivity index (χ3v) is 5.76. The third-order valence-electron chi connectivity index (χ3n) is 5.00.